The van der Waals surface area contributed by atoms with Crippen molar-refractivity contribution in [1.29, 1.82) is 0 Å². The van der Waals surface area contributed by atoms with Gasteiger partial charge in [0.25, 0.3) is 5.91 Å². The van der Waals surface area contributed by atoms with Crippen LogP contribution in [0.15, 0.2) is 12.3 Å². The first-order chi connectivity index (χ1) is 12.9. The fourth-order valence-corrected chi connectivity index (χ4v) is 2.60. The van der Waals surface area contributed by atoms with E-state index in [-0.39, 0.29) is 11.2 Å². The second kappa shape index (κ2) is 6.46. The summed E-state index contributed by atoms with van der Waals surface area (Å²) in [4.78, 5) is 16.4. The molecule has 0 aliphatic rings. The highest BCUT2D eigenvalue weighted by Crippen LogP contribution is 2.38. The summed E-state index contributed by atoms with van der Waals surface area (Å²) < 4.78 is 94.3. The van der Waals surface area contributed by atoms with Crippen molar-refractivity contribution in [3.63, 3.8) is 0 Å². The van der Waals surface area contributed by atoms with Gasteiger partial charge in [0.2, 0.25) is 0 Å². The quantitative estimate of drug-likeness (QED) is 0.513. The van der Waals surface area contributed by atoms with Crippen molar-refractivity contribution in [2.75, 3.05) is 5.32 Å². The fourth-order valence-electron chi connectivity index (χ4n) is 2.60. The molecule has 0 aliphatic heterocycles. The van der Waals surface area contributed by atoms with E-state index in [1.165, 1.54) is 4.52 Å². The van der Waals surface area contributed by atoms with Gasteiger partial charge in [0, 0.05) is 11.4 Å². The van der Waals surface area contributed by atoms with E-state index in [9.17, 15) is 35.5 Å². The minimum absolute atomic E-state index is 0.0244. The van der Waals surface area contributed by atoms with Gasteiger partial charge in [0.15, 0.2) is 28.9 Å². The number of benzene rings is 1. The SMILES string of the molecule is Cc1cc(C)n2ncc(C(=O)Nc3c(F)c(F)c(C(F)(F)F)c(F)c3F)c2n1. The monoisotopic (exact) mass is 406 g/mol. The normalized spacial score (nSPS) is 11.9. The third-order valence-electron chi connectivity index (χ3n) is 3.81. The highest BCUT2D eigenvalue weighted by Gasteiger charge is 2.42. The molecule has 0 atom stereocenters. The summed E-state index contributed by atoms with van der Waals surface area (Å²) in [6.45, 7) is 3.23. The molecule has 28 heavy (non-hydrogen) atoms. The lowest BCUT2D eigenvalue weighted by Gasteiger charge is -2.14. The average molecular weight is 406 g/mol. The van der Waals surface area contributed by atoms with Gasteiger partial charge < -0.3 is 5.32 Å². The van der Waals surface area contributed by atoms with Gasteiger partial charge in [-0.2, -0.15) is 18.3 Å². The molecule has 1 aromatic carbocycles. The Balaban J connectivity index is 2.09. The van der Waals surface area contributed by atoms with Crippen molar-refractivity contribution >= 4 is 17.2 Å². The number of nitrogens with one attached hydrogen (secondary N) is 1. The number of fused-ring (bicyclic) bond motifs is 1. The summed E-state index contributed by atoms with van der Waals surface area (Å²) in [7, 11) is 0. The first-order valence-corrected chi connectivity index (χ1v) is 7.50. The van der Waals surface area contributed by atoms with Crippen molar-refractivity contribution in [2.45, 2.75) is 20.0 Å². The Morgan fingerprint density at radius 1 is 1.04 bits per heavy atom. The highest BCUT2D eigenvalue weighted by molar-refractivity contribution is 6.08. The number of carbonyl (C=O) groups excluding carboxylic acids is 1. The molecule has 0 saturated heterocycles. The predicted octanol–water partition coefficient (Wildman–Crippen LogP) is 4.17. The molecule has 3 rings (SSSR count). The third kappa shape index (κ3) is 3.04. The number of halogens is 7. The lowest BCUT2D eigenvalue weighted by atomic mass is 10.1. The van der Waals surface area contributed by atoms with Crippen LogP contribution in [-0.4, -0.2) is 20.5 Å². The van der Waals surface area contributed by atoms with Crippen molar-refractivity contribution < 1.29 is 35.5 Å². The first kappa shape index (κ1) is 19.6. The standard InChI is InChI=1S/C16H9F7N4O/c1-5-3-6(2)27-14(25-5)7(4-24-27)15(28)26-13-11(19)9(17)8(16(21,22)23)10(18)12(13)20/h3-4H,1-2H3,(H,26,28). The van der Waals surface area contributed by atoms with Crippen LogP contribution in [0.5, 0.6) is 0 Å². The van der Waals surface area contributed by atoms with E-state index in [0.717, 1.165) is 6.20 Å². The summed E-state index contributed by atoms with van der Waals surface area (Å²) in [6, 6.07) is 1.63. The maximum atomic E-state index is 13.9. The lowest BCUT2D eigenvalue weighted by Crippen LogP contribution is -2.20. The van der Waals surface area contributed by atoms with E-state index in [4.69, 9.17) is 0 Å². The summed E-state index contributed by atoms with van der Waals surface area (Å²) in [6.07, 6.45) is -4.70. The second-order valence-electron chi connectivity index (χ2n) is 5.79. The van der Waals surface area contributed by atoms with E-state index in [1.54, 1.807) is 25.2 Å². The van der Waals surface area contributed by atoms with Crippen molar-refractivity contribution in [1.82, 2.24) is 14.6 Å². The first-order valence-electron chi connectivity index (χ1n) is 7.50. The van der Waals surface area contributed by atoms with E-state index < -0.39 is 46.6 Å². The molecule has 0 saturated carbocycles. The van der Waals surface area contributed by atoms with Crippen LogP contribution in [0.25, 0.3) is 5.65 Å². The Bertz CT molecular complexity index is 1090. The van der Waals surface area contributed by atoms with E-state index in [0.29, 0.717) is 11.4 Å². The minimum atomic E-state index is -5.68. The van der Waals surface area contributed by atoms with Gasteiger partial charge >= 0.3 is 6.18 Å². The zero-order chi connectivity index (χ0) is 21.0. The largest absolute Gasteiger partial charge is 0.422 e. The fraction of sp³-hybridized carbons (Fsp3) is 0.188. The van der Waals surface area contributed by atoms with Gasteiger partial charge in [-0.15, -0.1) is 0 Å². The number of carbonyl (C=O) groups is 1. The molecule has 0 fully saturated rings. The number of aromatic nitrogens is 3. The van der Waals surface area contributed by atoms with Gasteiger partial charge in [-0.05, 0) is 19.9 Å². The van der Waals surface area contributed by atoms with Gasteiger partial charge in [-0.25, -0.2) is 27.1 Å². The number of alkyl halides is 3. The van der Waals surface area contributed by atoms with Crippen LogP contribution in [0.1, 0.15) is 27.3 Å². The Morgan fingerprint density at radius 2 is 1.61 bits per heavy atom. The maximum Gasteiger partial charge on any atom is 0.422 e. The van der Waals surface area contributed by atoms with Crippen LogP contribution in [0.2, 0.25) is 0 Å². The van der Waals surface area contributed by atoms with Crippen molar-refractivity contribution in [3.8, 4) is 0 Å². The van der Waals surface area contributed by atoms with Crippen LogP contribution < -0.4 is 5.32 Å². The molecule has 2 heterocycles. The molecule has 3 aromatic rings. The van der Waals surface area contributed by atoms with E-state index in [2.05, 4.69) is 10.1 Å². The zero-order valence-corrected chi connectivity index (χ0v) is 14.1. The maximum absolute atomic E-state index is 13.9. The Hall–Kier alpha value is -3.18. The van der Waals surface area contributed by atoms with E-state index in [1.807, 2.05) is 0 Å². The molecular weight excluding hydrogens is 397 g/mol. The highest BCUT2D eigenvalue weighted by atomic mass is 19.4. The minimum Gasteiger partial charge on any atom is -0.317 e. The summed E-state index contributed by atoms with van der Waals surface area (Å²) >= 11 is 0. The topological polar surface area (TPSA) is 59.3 Å². The van der Waals surface area contributed by atoms with Crippen molar-refractivity contribution in [3.05, 3.63) is 58.0 Å². The molecule has 2 aromatic heterocycles. The lowest BCUT2D eigenvalue weighted by molar-refractivity contribution is -0.143. The second-order valence-corrected chi connectivity index (χ2v) is 5.79. The smallest absolute Gasteiger partial charge is 0.317 e. The predicted molar refractivity (Wildman–Crippen MR) is 81.7 cm³/mol. The molecule has 5 nitrogen and oxygen atoms in total. The molecule has 1 N–H and O–H groups in total. The number of hydrogen-bond donors (Lipinski definition) is 1. The molecule has 12 heteroatoms. The number of aryl methyl sites for hydroxylation is 2. The van der Waals surface area contributed by atoms with Crippen LogP contribution >= 0.6 is 0 Å². The third-order valence-corrected chi connectivity index (χ3v) is 3.81. The molecule has 0 unspecified atom stereocenters. The average Bonchev–Trinajstić information content (AvgIpc) is 3.00. The molecule has 148 valence electrons. The van der Waals surface area contributed by atoms with Crippen LogP contribution in [0.4, 0.5) is 36.4 Å². The number of amides is 1. The molecule has 1 amide bonds. The van der Waals surface area contributed by atoms with Crippen LogP contribution in [0.3, 0.4) is 0 Å². The number of rotatable bonds is 2. The van der Waals surface area contributed by atoms with Crippen LogP contribution in [0, 0.1) is 37.1 Å². The van der Waals surface area contributed by atoms with Gasteiger partial charge in [0.05, 0.1) is 6.20 Å². The van der Waals surface area contributed by atoms with Gasteiger partial charge in [-0.3, -0.25) is 4.79 Å². The molecule has 0 aliphatic carbocycles. The summed E-state index contributed by atoms with van der Waals surface area (Å²) in [5, 5.41) is 5.40. The van der Waals surface area contributed by atoms with Gasteiger partial charge in [0.1, 0.15) is 16.8 Å². The molecule has 0 bridgehead atoms. The zero-order valence-electron chi connectivity index (χ0n) is 14.1. The van der Waals surface area contributed by atoms with E-state index >= 15 is 0 Å². The van der Waals surface area contributed by atoms with Gasteiger partial charge in [-0.1, -0.05) is 0 Å². The van der Waals surface area contributed by atoms with Crippen LogP contribution in [-0.2, 0) is 6.18 Å². The Kier molecular flexibility index (Phi) is 4.52. The molecular formula is C16H9F7N4O. The summed E-state index contributed by atoms with van der Waals surface area (Å²) in [5.74, 6) is -11.4. The number of nitrogens with zero attached hydrogens (tertiary/aromatic N) is 3. The van der Waals surface area contributed by atoms with Crippen molar-refractivity contribution in [2.24, 2.45) is 0 Å². The summed E-state index contributed by atoms with van der Waals surface area (Å²) in [5.41, 5.74) is -3.73. The molecule has 0 spiro atoms. The Morgan fingerprint density at radius 3 is 2.14 bits per heavy atom. The number of anilines is 1. The molecule has 0 radical (unpaired) electrons. The number of hydrogen-bond acceptors (Lipinski definition) is 3. The Labute approximate surface area is 151 Å².